The van der Waals surface area contributed by atoms with Gasteiger partial charge in [0.1, 0.15) is 0 Å². The number of alkyl halides is 1. The number of hydrogen-bond acceptors (Lipinski definition) is 1. The summed E-state index contributed by atoms with van der Waals surface area (Å²) < 4.78 is 0.431. The number of ketones is 1. The van der Waals surface area contributed by atoms with Crippen LogP contribution in [0, 0.1) is 5.92 Å². The van der Waals surface area contributed by atoms with Crippen LogP contribution in [0.2, 0.25) is 0 Å². The van der Waals surface area contributed by atoms with Gasteiger partial charge in [-0.1, -0.05) is 66.8 Å². The Bertz CT molecular complexity index is 292. The minimum absolute atomic E-state index is 0.249. The van der Waals surface area contributed by atoms with Gasteiger partial charge in [0.05, 0.1) is 0 Å². The fraction of sp³-hybridized carbons (Fsp3) is 0.417. The summed E-state index contributed by atoms with van der Waals surface area (Å²) >= 11 is 2.35. The van der Waals surface area contributed by atoms with Gasteiger partial charge in [-0.25, -0.2) is 0 Å². The first-order chi connectivity index (χ1) is 6.61. The Morgan fingerprint density at radius 3 is 2.36 bits per heavy atom. The molecule has 1 aromatic rings. The molecule has 0 heterocycles. The SMILES string of the molecule is CC(C)C(I)CC(=O)c1ccccc1. The third-order valence-corrected chi connectivity index (χ3v) is 4.08. The lowest BCUT2D eigenvalue weighted by Gasteiger charge is -2.12. The van der Waals surface area contributed by atoms with Crippen LogP contribution in [0.1, 0.15) is 30.6 Å². The molecule has 1 aromatic carbocycles. The van der Waals surface area contributed by atoms with Crippen LogP contribution >= 0.6 is 22.6 Å². The Balaban J connectivity index is 2.60. The fourth-order valence-electron chi connectivity index (χ4n) is 1.15. The summed E-state index contributed by atoms with van der Waals surface area (Å²) in [6.45, 7) is 4.30. The maximum absolute atomic E-state index is 11.8. The first kappa shape index (κ1) is 11.7. The molecule has 1 rings (SSSR count). The molecule has 0 aliphatic rings. The van der Waals surface area contributed by atoms with Crippen LogP contribution < -0.4 is 0 Å². The van der Waals surface area contributed by atoms with Crippen LogP contribution in [0.4, 0.5) is 0 Å². The number of carbonyl (C=O) groups excluding carboxylic acids is 1. The molecule has 0 radical (unpaired) electrons. The summed E-state index contributed by atoms with van der Waals surface area (Å²) in [4.78, 5) is 11.8. The Hall–Kier alpha value is -0.380. The highest BCUT2D eigenvalue weighted by Gasteiger charge is 2.14. The maximum atomic E-state index is 11.8. The van der Waals surface area contributed by atoms with Crippen molar-refractivity contribution in [1.29, 1.82) is 0 Å². The van der Waals surface area contributed by atoms with Crippen LogP contribution in [0.3, 0.4) is 0 Å². The van der Waals surface area contributed by atoms with Gasteiger partial charge in [0.15, 0.2) is 5.78 Å². The number of hydrogen-bond donors (Lipinski definition) is 0. The number of halogens is 1. The van der Waals surface area contributed by atoms with E-state index in [9.17, 15) is 4.79 Å². The van der Waals surface area contributed by atoms with E-state index in [1.807, 2.05) is 30.3 Å². The van der Waals surface area contributed by atoms with Crippen molar-refractivity contribution >= 4 is 28.4 Å². The second kappa shape index (κ2) is 5.49. The lowest BCUT2D eigenvalue weighted by Crippen LogP contribution is -2.13. The van der Waals surface area contributed by atoms with Gasteiger partial charge in [-0.05, 0) is 5.92 Å². The lowest BCUT2D eigenvalue weighted by atomic mass is 10.0. The first-order valence-electron chi connectivity index (χ1n) is 4.83. The molecular formula is C12H15IO. The van der Waals surface area contributed by atoms with Crippen molar-refractivity contribution in [2.24, 2.45) is 5.92 Å². The molecule has 0 N–H and O–H groups in total. The van der Waals surface area contributed by atoms with Crippen molar-refractivity contribution in [3.05, 3.63) is 35.9 Å². The third kappa shape index (κ3) is 3.40. The monoisotopic (exact) mass is 302 g/mol. The summed E-state index contributed by atoms with van der Waals surface area (Å²) in [6, 6.07) is 9.51. The molecule has 0 bridgehead atoms. The molecule has 0 saturated heterocycles. The number of Topliss-reactive ketones (excluding diaryl/α,β-unsaturated/α-hetero) is 1. The van der Waals surface area contributed by atoms with Gasteiger partial charge in [0.2, 0.25) is 0 Å². The normalized spacial score (nSPS) is 12.9. The van der Waals surface area contributed by atoms with Gasteiger partial charge in [0, 0.05) is 15.9 Å². The quantitative estimate of drug-likeness (QED) is 0.471. The van der Waals surface area contributed by atoms with Crippen molar-refractivity contribution in [3.8, 4) is 0 Å². The van der Waals surface area contributed by atoms with E-state index in [1.54, 1.807) is 0 Å². The second-order valence-electron chi connectivity index (χ2n) is 3.75. The Morgan fingerprint density at radius 2 is 1.86 bits per heavy atom. The number of carbonyl (C=O) groups is 1. The minimum Gasteiger partial charge on any atom is -0.294 e. The van der Waals surface area contributed by atoms with Crippen molar-refractivity contribution in [1.82, 2.24) is 0 Å². The molecule has 0 aromatic heterocycles. The van der Waals surface area contributed by atoms with Crippen LogP contribution in [0.15, 0.2) is 30.3 Å². The zero-order chi connectivity index (χ0) is 10.6. The molecule has 0 spiro atoms. The zero-order valence-electron chi connectivity index (χ0n) is 8.53. The summed E-state index contributed by atoms with van der Waals surface area (Å²) in [6.07, 6.45) is 0.641. The third-order valence-electron chi connectivity index (χ3n) is 2.20. The molecule has 1 unspecified atom stereocenters. The molecule has 0 aliphatic carbocycles. The standard InChI is InChI=1S/C12H15IO/c1-9(2)11(13)8-12(14)10-6-4-3-5-7-10/h3-7,9,11H,8H2,1-2H3. The van der Waals surface area contributed by atoms with Crippen molar-refractivity contribution in [2.45, 2.75) is 24.2 Å². The van der Waals surface area contributed by atoms with Crippen LogP contribution in [-0.2, 0) is 0 Å². The molecule has 0 aliphatic heterocycles. The second-order valence-corrected chi connectivity index (χ2v) is 5.35. The van der Waals surface area contributed by atoms with Gasteiger partial charge in [-0.15, -0.1) is 0 Å². The predicted octanol–water partition coefficient (Wildman–Crippen LogP) is 3.72. The van der Waals surface area contributed by atoms with E-state index in [0.29, 0.717) is 16.3 Å². The molecule has 0 saturated carbocycles. The molecular weight excluding hydrogens is 287 g/mol. The van der Waals surface area contributed by atoms with Gasteiger partial charge in [-0.3, -0.25) is 4.79 Å². The fourth-order valence-corrected chi connectivity index (χ4v) is 1.55. The average molecular weight is 302 g/mol. The molecule has 1 atom stereocenters. The van der Waals surface area contributed by atoms with Crippen LogP contribution in [0.25, 0.3) is 0 Å². The summed E-state index contributed by atoms with van der Waals surface area (Å²) in [5.41, 5.74) is 0.829. The molecule has 2 heteroatoms. The zero-order valence-corrected chi connectivity index (χ0v) is 10.7. The number of benzene rings is 1. The smallest absolute Gasteiger partial charge is 0.163 e. The van der Waals surface area contributed by atoms with Gasteiger partial charge < -0.3 is 0 Å². The van der Waals surface area contributed by atoms with E-state index in [4.69, 9.17) is 0 Å². The van der Waals surface area contributed by atoms with E-state index in [2.05, 4.69) is 36.4 Å². The van der Waals surface area contributed by atoms with Crippen molar-refractivity contribution in [2.75, 3.05) is 0 Å². The Morgan fingerprint density at radius 1 is 1.29 bits per heavy atom. The maximum Gasteiger partial charge on any atom is 0.163 e. The van der Waals surface area contributed by atoms with E-state index in [1.165, 1.54) is 0 Å². The minimum atomic E-state index is 0.249. The van der Waals surface area contributed by atoms with E-state index in [0.717, 1.165) is 5.56 Å². The van der Waals surface area contributed by atoms with Crippen molar-refractivity contribution < 1.29 is 4.79 Å². The average Bonchev–Trinajstić information content (AvgIpc) is 2.19. The van der Waals surface area contributed by atoms with Gasteiger partial charge >= 0.3 is 0 Å². The van der Waals surface area contributed by atoms with E-state index in [-0.39, 0.29) is 5.78 Å². The molecule has 1 nitrogen and oxygen atoms in total. The lowest BCUT2D eigenvalue weighted by molar-refractivity contribution is 0.0979. The summed E-state index contributed by atoms with van der Waals surface area (Å²) in [7, 11) is 0. The Kier molecular flexibility index (Phi) is 4.58. The largest absolute Gasteiger partial charge is 0.294 e. The topological polar surface area (TPSA) is 17.1 Å². The van der Waals surface area contributed by atoms with E-state index >= 15 is 0 Å². The highest BCUT2D eigenvalue weighted by atomic mass is 127. The van der Waals surface area contributed by atoms with Gasteiger partial charge in [0.25, 0.3) is 0 Å². The molecule has 14 heavy (non-hydrogen) atoms. The predicted molar refractivity (Wildman–Crippen MR) is 68.0 cm³/mol. The van der Waals surface area contributed by atoms with Gasteiger partial charge in [-0.2, -0.15) is 0 Å². The summed E-state index contributed by atoms with van der Waals surface area (Å²) in [5.74, 6) is 0.807. The molecule has 76 valence electrons. The highest BCUT2D eigenvalue weighted by molar-refractivity contribution is 14.1. The van der Waals surface area contributed by atoms with Crippen LogP contribution in [-0.4, -0.2) is 9.71 Å². The van der Waals surface area contributed by atoms with Crippen LogP contribution in [0.5, 0.6) is 0 Å². The highest BCUT2D eigenvalue weighted by Crippen LogP contribution is 2.18. The molecule has 0 amide bonds. The summed E-state index contributed by atoms with van der Waals surface area (Å²) in [5, 5.41) is 0. The van der Waals surface area contributed by atoms with E-state index < -0.39 is 0 Å². The van der Waals surface area contributed by atoms with Crippen molar-refractivity contribution in [3.63, 3.8) is 0 Å². The number of rotatable bonds is 4. The molecule has 0 fully saturated rings. The first-order valence-corrected chi connectivity index (χ1v) is 6.08. The Labute approximate surface area is 99.0 Å².